The summed E-state index contributed by atoms with van der Waals surface area (Å²) in [5, 5.41) is 2.95. The van der Waals surface area contributed by atoms with Crippen LogP contribution >= 0.6 is 0 Å². The van der Waals surface area contributed by atoms with Gasteiger partial charge in [-0.15, -0.1) is 0 Å². The molecule has 0 radical (unpaired) electrons. The molecule has 3 rings (SSSR count). The van der Waals surface area contributed by atoms with Crippen molar-refractivity contribution in [2.24, 2.45) is 0 Å². The highest BCUT2D eigenvalue weighted by Crippen LogP contribution is 2.32. The van der Waals surface area contributed by atoms with E-state index >= 15 is 0 Å². The highest BCUT2D eigenvalue weighted by atomic mass is 16.7. The Hall–Kier alpha value is -2.81. The zero-order valence-electron chi connectivity index (χ0n) is 18.1. The predicted molar refractivity (Wildman–Crippen MR) is 110 cm³/mol. The van der Waals surface area contributed by atoms with Gasteiger partial charge in [0.05, 0.1) is 13.1 Å². The molecular formula is C21H30N4O5. The van der Waals surface area contributed by atoms with Gasteiger partial charge in [-0.05, 0) is 39.0 Å². The van der Waals surface area contributed by atoms with Crippen molar-refractivity contribution in [1.29, 1.82) is 0 Å². The number of fused-ring (bicyclic) bond motifs is 1. The molecule has 0 unspecified atom stereocenters. The Kier molecular flexibility index (Phi) is 6.50. The van der Waals surface area contributed by atoms with E-state index in [-0.39, 0.29) is 36.6 Å². The molecule has 1 fully saturated rings. The van der Waals surface area contributed by atoms with Gasteiger partial charge in [0.25, 0.3) is 5.91 Å². The molecule has 3 amide bonds. The van der Waals surface area contributed by atoms with Gasteiger partial charge in [0.2, 0.25) is 18.6 Å². The van der Waals surface area contributed by atoms with Crippen LogP contribution in [0.4, 0.5) is 0 Å². The zero-order chi connectivity index (χ0) is 21.9. The van der Waals surface area contributed by atoms with Gasteiger partial charge in [-0.1, -0.05) is 0 Å². The molecule has 1 saturated heterocycles. The summed E-state index contributed by atoms with van der Waals surface area (Å²) >= 11 is 0. The Morgan fingerprint density at radius 2 is 1.73 bits per heavy atom. The molecule has 2 heterocycles. The Labute approximate surface area is 176 Å². The number of amides is 3. The summed E-state index contributed by atoms with van der Waals surface area (Å²) in [5.41, 5.74) is 0.188. The van der Waals surface area contributed by atoms with Gasteiger partial charge in [0, 0.05) is 44.3 Å². The van der Waals surface area contributed by atoms with Crippen LogP contribution in [0.3, 0.4) is 0 Å². The Morgan fingerprint density at radius 1 is 1.07 bits per heavy atom. The molecule has 0 bridgehead atoms. The average molecular weight is 418 g/mol. The zero-order valence-corrected chi connectivity index (χ0v) is 18.1. The van der Waals surface area contributed by atoms with E-state index in [0.29, 0.717) is 49.8 Å². The first-order valence-corrected chi connectivity index (χ1v) is 10.1. The molecule has 9 heteroatoms. The van der Waals surface area contributed by atoms with Gasteiger partial charge >= 0.3 is 0 Å². The number of nitrogens with zero attached hydrogens (tertiary/aromatic N) is 3. The highest BCUT2D eigenvalue weighted by Gasteiger charge is 2.26. The van der Waals surface area contributed by atoms with Gasteiger partial charge in [-0.3, -0.25) is 19.3 Å². The molecule has 0 aliphatic carbocycles. The number of rotatable bonds is 5. The van der Waals surface area contributed by atoms with E-state index in [1.807, 2.05) is 25.7 Å². The number of piperazine rings is 1. The lowest BCUT2D eigenvalue weighted by Gasteiger charge is -2.35. The van der Waals surface area contributed by atoms with Gasteiger partial charge < -0.3 is 24.6 Å². The fraction of sp³-hybridized carbons (Fsp3) is 0.571. The van der Waals surface area contributed by atoms with E-state index in [1.54, 1.807) is 30.1 Å². The summed E-state index contributed by atoms with van der Waals surface area (Å²) in [6.45, 7) is 8.63. The molecule has 1 aromatic rings. The number of nitrogens with one attached hydrogen (secondary N) is 1. The smallest absolute Gasteiger partial charge is 0.254 e. The Balaban J connectivity index is 1.46. The third-order valence-corrected chi connectivity index (χ3v) is 4.95. The molecule has 30 heavy (non-hydrogen) atoms. The maximum absolute atomic E-state index is 12.7. The van der Waals surface area contributed by atoms with E-state index in [4.69, 9.17) is 9.47 Å². The average Bonchev–Trinajstić information content (AvgIpc) is 3.14. The lowest BCUT2D eigenvalue weighted by Crippen LogP contribution is -2.54. The third kappa shape index (κ3) is 5.63. The molecule has 9 nitrogen and oxygen atoms in total. The summed E-state index contributed by atoms with van der Waals surface area (Å²) in [5.74, 6) is 0.771. The van der Waals surface area contributed by atoms with Crippen molar-refractivity contribution in [1.82, 2.24) is 20.0 Å². The summed E-state index contributed by atoms with van der Waals surface area (Å²) in [7, 11) is 1.61. The van der Waals surface area contributed by atoms with Crippen molar-refractivity contribution >= 4 is 17.7 Å². The number of hydrogen-bond acceptors (Lipinski definition) is 6. The molecule has 1 N–H and O–H groups in total. The number of hydrogen-bond donors (Lipinski definition) is 1. The molecule has 0 spiro atoms. The number of carbonyl (C=O) groups excluding carboxylic acids is 3. The second kappa shape index (κ2) is 8.91. The van der Waals surface area contributed by atoms with E-state index in [2.05, 4.69) is 5.32 Å². The van der Waals surface area contributed by atoms with Crippen LogP contribution in [0.5, 0.6) is 11.5 Å². The minimum absolute atomic E-state index is 0.00220. The second-order valence-corrected chi connectivity index (χ2v) is 8.68. The minimum Gasteiger partial charge on any atom is -0.454 e. The minimum atomic E-state index is -0.260. The van der Waals surface area contributed by atoms with E-state index in [0.717, 1.165) is 0 Å². The predicted octanol–water partition coefficient (Wildman–Crippen LogP) is 0.546. The van der Waals surface area contributed by atoms with Crippen molar-refractivity contribution in [2.75, 3.05) is 53.1 Å². The van der Waals surface area contributed by atoms with Crippen molar-refractivity contribution in [2.45, 2.75) is 26.3 Å². The van der Waals surface area contributed by atoms with Crippen LogP contribution in [-0.4, -0.2) is 91.1 Å². The number of ether oxygens (including phenoxy) is 2. The van der Waals surface area contributed by atoms with Crippen LogP contribution in [0.1, 0.15) is 31.1 Å². The van der Waals surface area contributed by atoms with Crippen LogP contribution in [0.15, 0.2) is 18.2 Å². The first-order chi connectivity index (χ1) is 14.1. The molecule has 0 aromatic heterocycles. The largest absolute Gasteiger partial charge is 0.454 e. The van der Waals surface area contributed by atoms with Crippen molar-refractivity contribution in [3.8, 4) is 11.5 Å². The van der Waals surface area contributed by atoms with Crippen molar-refractivity contribution < 1.29 is 23.9 Å². The fourth-order valence-electron chi connectivity index (χ4n) is 3.44. The van der Waals surface area contributed by atoms with Crippen LogP contribution in [-0.2, 0) is 9.59 Å². The molecule has 0 atom stereocenters. The maximum atomic E-state index is 12.7. The third-order valence-electron chi connectivity index (χ3n) is 4.95. The first kappa shape index (κ1) is 21.9. The summed E-state index contributed by atoms with van der Waals surface area (Å²) in [6.07, 6.45) is 0. The topological polar surface area (TPSA) is 91.4 Å². The molecule has 2 aliphatic heterocycles. The molecule has 2 aliphatic rings. The Bertz CT molecular complexity index is 812. The quantitative estimate of drug-likeness (QED) is 0.751. The highest BCUT2D eigenvalue weighted by molar-refractivity contribution is 5.97. The number of carbonyl (C=O) groups is 3. The fourth-order valence-corrected chi connectivity index (χ4v) is 3.44. The van der Waals surface area contributed by atoms with Crippen LogP contribution in [0.2, 0.25) is 0 Å². The van der Waals surface area contributed by atoms with E-state index < -0.39 is 0 Å². The standard InChI is InChI=1S/C21H30N4O5/c1-21(2,3)22-18(26)12-24-7-9-25(10-8-24)19(27)13-23(4)20(28)15-5-6-16-17(11-15)30-14-29-16/h5-6,11H,7-10,12-14H2,1-4H3,(H,22,26). The summed E-state index contributed by atoms with van der Waals surface area (Å²) in [6, 6.07) is 4.99. The molecule has 1 aromatic carbocycles. The van der Waals surface area contributed by atoms with E-state index in [9.17, 15) is 14.4 Å². The number of benzene rings is 1. The van der Waals surface area contributed by atoms with Gasteiger partial charge in [0.15, 0.2) is 11.5 Å². The lowest BCUT2D eigenvalue weighted by molar-refractivity contribution is -0.133. The second-order valence-electron chi connectivity index (χ2n) is 8.68. The first-order valence-electron chi connectivity index (χ1n) is 10.1. The number of likely N-dealkylation sites (N-methyl/N-ethyl adjacent to an activating group) is 1. The van der Waals surface area contributed by atoms with Crippen LogP contribution in [0, 0.1) is 0 Å². The molecule has 164 valence electrons. The maximum Gasteiger partial charge on any atom is 0.254 e. The van der Waals surface area contributed by atoms with Gasteiger partial charge in [0.1, 0.15) is 0 Å². The van der Waals surface area contributed by atoms with Crippen molar-refractivity contribution in [3.05, 3.63) is 23.8 Å². The normalized spacial score (nSPS) is 16.3. The molecule has 0 saturated carbocycles. The van der Waals surface area contributed by atoms with Crippen molar-refractivity contribution in [3.63, 3.8) is 0 Å². The van der Waals surface area contributed by atoms with E-state index in [1.165, 1.54) is 4.90 Å². The van der Waals surface area contributed by atoms with Gasteiger partial charge in [-0.25, -0.2) is 0 Å². The summed E-state index contributed by atoms with van der Waals surface area (Å²) in [4.78, 5) is 42.5. The lowest BCUT2D eigenvalue weighted by atomic mass is 10.1. The Morgan fingerprint density at radius 3 is 2.40 bits per heavy atom. The van der Waals surface area contributed by atoms with Crippen LogP contribution in [0.25, 0.3) is 0 Å². The monoisotopic (exact) mass is 418 g/mol. The SMILES string of the molecule is CN(CC(=O)N1CCN(CC(=O)NC(C)(C)C)CC1)C(=O)c1ccc2c(c1)OCO2. The van der Waals surface area contributed by atoms with Crippen LogP contribution < -0.4 is 14.8 Å². The van der Waals surface area contributed by atoms with Gasteiger partial charge in [-0.2, -0.15) is 0 Å². The molecular weight excluding hydrogens is 388 g/mol. The summed E-state index contributed by atoms with van der Waals surface area (Å²) < 4.78 is 10.6.